The second kappa shape index (κ2) is 5.30. The molecule has 1 fully saturated rings. The van der Waals surface area contributed by atoms with Gasteiger partial charge in [0.25, 0.3) is 0 Å². The number of aryl methyl sites for hydroxylation is 1. The molecule has 0 heterocycles. The Labute approximate surface area is 102 Å². The van der Waals surface area contributed by atoms with Gasteiger partial charge < -0.3 is 5.73 Å². The molecule has 1 aromatic carbocycles. The van der Waals surface area contributed by atoms with Crippen LogP contribution in [-0.4, -0.2) is 5.84 Å². The average molecular weight is 234 g/mol. The molecule has 0 aromatic heterocycles. The summed E-state index contributed by atoms with van der Waals surface area (Å²) in [5.41, 5.74) is 7.35. The molecule has 0 spiro atoms. The molecular formula is C14H19FN2. The SMILES string of the molecule is Cc1ccc(F)c(N=C(N)C2CCCCC2)c1. The Bertz CT molecular complexity index is 420. The van der Waals surface area contributed by atoms with Crippen LogP contribution in [0, 0.1) is 18.7 Å². The Morgan fingerprint density at radius 3 is 2.71 bits per heavy atom. The van der Waals surface area contributed by atoms with Gasteiger partial charge in [0.1, 0.15) is 17.3 Å². The van der Waals surface area contributed by atoms with Crippen molar-refractivity contribution >= 4 is 11.5 Å². The smallest absolute Gasteiger partial charge is 0.148 e. The first-order valence-corrected chi connectivity index (χ1v) is 6.27. The van der Waals surface area contributed by atoms with Crippen LogP contribution < -0.4 is 5.73 Å². The second-order valence-corrected chi connectivity index (χ2v) is 4.83. The van der Waals surface area contributed by atoms with Gasteiger partial charge in [-0.1, -0.05) is 25.3 Å². The van der Waals surface area contributed by atoms with E-state index in [-0.39, 0.29) is 5.82 Å². The molecular weight excluding hydrogens is 215 g/mol. The molecule has 0 amide bonds. The minimum Gasteiger partial charge on any atom is -0.387 e. The van der Waals surface area contributed by atoms with Crippen molar-refractivity contribution in [1.82, 2.24) is 0 Å². The lowest BCUT2D eigenvalue weighted by atomic mass is 9.88. The number of nitrogens with zero attached hydrogens (tertiary/aromatic N) is 1. The van der Waals surface area contributed by atoms with Gasteiger partial charge in [-0.25, -0.2) is 9.38 Å². The summed E-state index contributed by atoms with van der Waals surface area (Å²) < 4.78 is 13.5. The van der Waals surface area contributed by atoms with Crippen LogP contribution in [0.3, 0.4) is 0 Å². The molecule has 2 rings (SSSR count). The zero-order valence-electron chi connectivity index (χ0n) is 10.2. The third-order valence-corrected chi connectivity index (χ3v) is 3.37. The van der Waals surface area contributed by atoms with Crippen molar-refractivity contribution < 1.29 is 4.39 Å². The molecule has 1 saturated carbocycles. The predicted molar refractivity (Wildman–Crippen MR) is 69.0 cm³/mol. The summed E-state index contributed by atoms with van der Waals surface area (Å²) in [5, 5.41) is 0. The molecule has 0 aliphatic heterocycles. The first-order chi connectivity index (χ1) is 8.16. The van der Waals surface area contributed by atoms with Crippen LogP contribution in [-0.2, 0) is 0 Å². The largest absolute Gasteiger partial charge is 0.387 e. The van der Waals surface area contributed by atoms with Crippen LogP contribution in [0.2, 0.25) is 0 Å². The van der Waals surface area contributed by atoms with E-state index in [2.05, 4.69) is 4.99 Å². The first-order valence-electron chi connectivity index (χ1n) is 6.27. The second-order valence-electron chi connectivity index (χ2n) is 4.83. The topological polar surface area (TPSA) is 38.4 Å². The van der Waals surface area contributed by atoms with Gasteiger partial charge in [-0.05, 0) is 37.5 Å². The fourth-order valence-corrected chi connectivity index (χ4v) is 2.34. The van der Waals surface area contributed by atoms with Crippen LogP contribution in [0.25, 0.3) is 0 Å². The lowest BCUT2D eigenvalue weighted by Gasteiger charge is -2.20. The van der Waals surface area contributed by atoms with Gasteiger partial charge in [-0.2, -0.15) is 0 Å². The molecule has 0 bridgehead atoms. The Morgan fingerprint density at radius 2 is 2.00 bits per heavy atom. The van der Waals surface area contributed by atoms with Crippen molar-refractivity contribution in [2.45, 2.75) is 39.0 Å². The van der Waals surface area contributed by atoms with Crippen molar-refractivity contribution in [3.05, 3.63) is 29.6 Å². The van der Waals surface area contributed by atoms with Crippen LogP contribution >= 0.6 is 0 Å². The zero-order chi connectivity index (χ0) is 12.3. The van der Waals surface area contributed by atoms with E-state index in [9.17, 15) is 4.39 Å². The lowest BCUT2D eigenvalue weighted by molar-refractivity contribution is 0.437. The molecule has 17 heavy (non-hydrogen) atoms. The monoisotopic (exact) mass is 234 g/mol. The van der Waals surface area contributed by atoms with Crippen molar-refractivity contribution in [2.24, 2.45) is 16.6 Å². The highest BCUT2D eigenvalue weighted by Crippen LogP contribution is 2.26. The van der Waals surface area contributed by atoms with Crippen LogP contribution in [0.4, 0.5) is 10.1 Å². The number of nitrogens with two attached hydrogens (primary N) is 1. The van der Waals surface area contributed by atoms with Crippen LogP contribution in [0.1, 0.15) is 37.7 Å². The molecule has 2 nitrogen and oxygen atoms in total. The third-order valence-electron chi connectivity index (χ3n) is 3.37. The first kappa shape index (κ1) is 12.1. The molecule has 92 valence electrons. The minimum absolute atomic E-state index is 0.297. The zero-order valence-corrected chi connectivity index (χ0v) is 10.2. The number of aliphatic imine (C=N–C) groups is 1. The van der Waals surface area contributed by atoms with Crippen molar-refractivity contribution in [2.75, 3.05) is 0 Å². The Kier molecular flexibility index (Phi) is 3.77. The number of benzene rings is 1. The standard InChI is InChI=1S/C14H19FN2/c1-10-7-8-12(15)13(9-10)17-14(16)11-5-3-2-4-6-11/h7-9,11H,2-6H2,1H3,(H2,16,17). The van der Waals surface area contributed by atoms with Crippen molar-refractivity contribution in [1.29, 1.82) is 0 Å². The van der Waals surface area contributed by atoms with E-state index in [0.717, 1.165) is 18.4 Å². The number of amidine groups is 1. The normalized spacial score (nSPS) is 18.4. The van der Waals surface area contributed by atoms with Crippen LogP contribution in [0.5, 0.6) is 0 Å². The quantitative estimate of drug-likeness (QED) is 0.615. The van der Waals surface area contributed by atoms with Gasteiger partial charge in [0, 0.05) is 5.92 Å². The molecule has 1 aromatic rings. The van der Waals surface area contributed by atoms with E-state index in [0.29, 0.717) is 17.4 Å². The average Bonchev–Trinajstić information content (AvgIpc) is 2.35. The van der Waals surface area contributed by atoms with Gasteiger partial charge in [-0.3, -0.25) is 0 Å². The molecule has 0 saturated heterocycles. The minimum atomic E-state index is -0.297. The summed E-state index contributed by atoms with van der Waals surface area (Å²) in [7, 11) is 0. The third kappa shape index (κ3) is 3.05. The van der Waals surface area contributed by atoms with Crippen LogP contribution in [0.15, 0.2) is 23.2 Å². The summed E-state index contributed by atoms with van der Waals surface area (Å²) in [6.45, 7) is 1.93. The summed E-state index contributed by atoms with van der Waals surface area (Å²) in [4.78, 5) is 4.26. The fraction of sp³-hybridized carbons (Fsp3) is 0.500. The number of hydrogen-bond acceptors (Lipinski definition) is 1. The molecule has 1 aliphatic carbocycles. The van der Waals surface area contributed by atoms with E-state index in [1.165, 1.54) is 25.3 Å². The molecule has 3 heteroatoms. The fourth-order valence-electron chi connectivity index (χ4n) is 2.34. The number of halogens is 1. The van der Waals surface area contributed by atoms with E-state index >= 15 is 0 Å². The molecule has 0 unspecified atom stereocenters. The Balaban J connectivity index is 2.19. The highest BCUT2D eigenvalue weighted by molar-refractivity contribution is 5.85. The van der Waals surface area contributed by atoms with Gasteiger partial charge in [0.15, 0.2) is 0 Å². The van der Waals surface area contributed by atoms with E-state index in [4.69, 9.17) is 5.73 Å². The van der Waals surface area contributed by atoms with E-state index in [1.807, 2.05) is 6.92 Å². The summed E-state index contributed by atoms with van der Waals surface area (Å²) in [5.74, 6) is 0.632. The molecule has 1 aliphatic rings. The maximum Gasteiger partial charge on any atom is 0.148 e. The summed E-state index contributed by atoms with van der Waals surface area (Å²) >= 11 is 0. The maximum atomic E-state index is 13.5. The van der Waals surface area contributed by atoms with Gasteiger partial charge in [0.05, 0.1) is 0 Å². The number of hydrogen-bond donors (Lipinski definition) is 1. The number of rotatable bonds is 2. The Morgan fingerprint density at radius 1 is 1.29 bits per heavy atom. The summed E-state index contributed by atoms with van der Waals surface area (Å²) in [6.07, 6.45) is 5.86. The van der Waals surface area contributed by atoms with E-state index in [1.54, 1.807) is 12.1 Å². The summed E-state index contributed by atoms with van der Waals surface area (Å²) in [6, 6.07) is 4.93. The molecule has 2 N–H and O–H groups in total. The lowest BCUT2D eigenvalue weighted by Crippen LogP contribution is -2.25. The highest BCUT2D eigenvalue weighted by atomic mass is 19.1. The van der Waals surface area contributed by atoms with Gasteiger partial charge >= 0.3 is 0 Å². The Hall–Kier alpha value is -1.38. The maximum absolute atomic E-state index is 13.5. The van der Waals surface area contributed by atoms with Gasteiger partial charge in [-0.15, -0.1) is 0 Å². The molecule has 0 atom stereocenters. The highest BCUT2D eigenvalue weighted by Gasteiger charge is 2.17. The predicted octanol–water partition coefficient (Wildman–Crippen LogP) is 3.70. The van der Waals surface area contributed by atoms with Gasteiger partial charge in [0.2, 0.25) is 0 Å². The van der Waals surface area contributed by atoms with Crippen molar-refractivity contribution in [3.8, 4) is 0 Å². The van der Waals surface area contributed by atoms with E-state index < -0.39 is 0 Å². The van der Waals surface area contributed by atoms with Crippen molar-refractivity contribution in [3.63, 3.8) is 0 Å². The molecule has 0 radical (unpaired) electrons.